The summed E-state index contributed by atoms with van der Waals surface area (Å²) in [6.07, 6.45) is 4.33. The average molecular weight is 369 g/mol. The van der Waals surface area contributed by atoms with Gasteiger partial charge in [0, 0.05) is 16.8 Å². The van der Waals surface area contributed by atoms with Gasteiger partial charge in [0.05, 0.1) is 17.1 Å². The Kier molecular flexibility index (Phi) is 7.78. The Hall–Kier alpha value is -0.270. The predicted octanol–water partition coefficient (Wildman–Crippen LogP) is 3.49. The summed E-state index contributed by atoms with van der Waals surface area (Å²) in [4.78, 5) is 8.60. The van der Waals surface area contributed by atoms with E-state index in [4.69, 9.17) is 16.9 Å². The van der Waals surface area contributed by atoms with Crippen molar-refractivity contribution in [2.45, 2.75) is 12.5 Å². The van der Waals surface area contributed by atoms with E-state index < -0.39 is 0 Å². The van der Waals surface area contributed by atoms with Gasteiger partial charge in [-0.15, -0.1) is 0 Å². The number of thioether (sulfide) groups is 1. The molecule has 0 saturated carbocycles. The van der Waals surface area contributed by atoms with Crippen molar-refractivity contribution < 1.29 is 15.3 Å². The zero-order valence-electron chi connectivity index (χ0n) is 10.3. The van der Waals surface area contributed by atoms with Crippen LogP contribution in [0.4, 0.5) is 0 Å². The molecule has 2 N–H and O–H groups in total. The molecule has 4 nitrogen and oxygen atoms in total. The highest BCUT2D eigenvalue weighted by Crippen LogP contribution is 2.31. The summed E-state index contributed by atoms with van der Waals surface area (Å²) in [6, 6.07) is 3.07. The molecule has 0 fully saturated rings. The topological polar surface area (TPSA) is 62.1 Å². The molecule has 1 rings (SSSR count). The Balaban J connectivity index is 2.90. The molecule has 0 aliphatic carbocycles. The largest absolute Gasteiger partial charge is 0.394 e. The van der Waals surface area contributed by atoms with Crippen LogP contribution < -0.4 is 4.89 Å². The van der Waals surface area contributed by atoms with E-state index in [2.05, 4.69) is 25.8 Å². The van der Waals surface area contributed by atoms with Gasteiger partial charge >= 0.3 is 0 Å². The third kappa shape index (κ3) is 5.31. The average Bonchev–Trinajstić information content (AvgIpc) is 2.38. The first-order valence-corrected chi connectivity index (χ1v) is 8.12. The van der Waals surface area contributed by atoms with E-state index in [1.165, 1.54) is 0 Å². The Morgan fingerprint density at radius 2 is 2.32 bits per heavy atom. The van der Waals surface area contributed by atoms with Crippen LogP contribution in [0, 0.1) is 0 Å². The second kappa shape index (κ2) is 8.81. The standard InChI is InChI=1S/C12H15BrClNO3S/c1-19-3-2-10(7-16)15-6-8-4-9(14)5-11(13)12(8)18-17/h4-6,10,16-17H,2-3,7H2,1H3/t10-/m0/s1. The molecule has 106 valence electrons. The summed E-state index contributed by atoms with van der Waals surface area (Å²) in [7, 11) is 0. The lowest BCUT2D eigenvalue weighted by Gasteiger charge is -2.09. The van der Waals surface area contributed by atoms with Crippen LogP contribution >= 0.6 is 39.3 Å². The van der Waals surface area contributed by atoms with Crippen LogP contribution in [-0.2, 0) is 0 Å². The van der Waals surface area contributed by atoms with Crippen molar-refractivity contribution in [1.29, 1.82) is 0 Å². The summed E-state index contributed by atoms with van der Waals surface area (Å²) in [5.74, 6) is 1.17. The zero-order chi connectivity index (χ0) is 14.3. The van der Waals surface area contributed by atoms with Gasteiger partial charge in [-0.25, -0.2) is 5.26 Å². The molecule has 19 heavy (non-hydrogen) atoms. The van der Waals surface area contributed by atoms with Gasteiger partial charge in [-0.05, 0) is 46.5 Å². The van der Waals surface area contributed by atoms with Crippen LogP contribution in [0.15, 0.2) is 21.6 Å². The molecule has 0 unspecified atom stereocenters. The van der Waals surface area contributed by atoms with E-state index >= 15 is 0 Å². The van der Waals surface area contributed by atoms with Gasteiger partial charge in [0.25, 0.3) is 0 Å². The van der Waals surface area contributed by atoms with Crippen molar-refractivity contribution in [2.75, 3.05) is 18.6 Å². The van der Waals surface area contributed by atoms with Gasteiger partial charge < -0.3 is 9.99 Å². The highest BCUT2D eigenvalue weighted by Gasteiger charge is 2.10. The maximum atomic E-state index is 9.23. The van der Waals surface area contributed by atoms with Crippen LogP contribution in [0.1, 0.15) is 12.0 Å². The molecule has 0 amide bonds. The summed E-state index contributed by atoms with van der Waals surface area (Å²) in [5.41, 5.74) is 0.546. The summed E-state index contributed by atoms with van der Waals surface area (Å²) in [5, 5.41) is 18.6. The van der Waals surface area contributed by atoms with E-state index in [-0.39, 0.29) is 18.4 Å². The minimum atomic E-state index is -0.170. The summed E-state index contributed by atoms with van der Waals surface area (Å²) < 4.78 is 0.536. The van der Waals surface area contributed by atoms with Crippen LogP contribution in [0.2, 0.25) is 5.02 Å². The van der Waals surface area contributed by atoms with Gasteiger partial charge in [0.1, 0.15) is 0 Å². The number of hydrogen-bond acceptors (Lipinski definition) is 5. The lowest BCUT2D eigenvalue weighted by atomic mass is 10.2. The number of aliphatic hydroxyl groups excluding tert-OH is 1. The van der Waals surface area contributed by atoms with Gasteiger partial charge in [-0.1, -0.05) is 11.6 Å². The lowest BCUT2D eigenvalue weighted by Crippen LogP contribution is -2.11. The molecule has 0 spiro atoms. The second-order valence-corrected chi connectivity index (χ2v) is 6.07. The molecule has 0 heterocycles. The molecular formula is C12H15BrClNO3S. The molecule has 0 aliphatic heterocycles. The molecule has 0 aromatic heterocycles. The number of halogens is 2. The van der Waals surface area contributed by atoms with Gasteiger partial charge in [0.2, 0.25) is 0 Å². The van der Waals surface area contributed by atoms with E-state index in [0.717, 1.165) is 12.2 Å². The number of aliphatic imine (C=N–C) groups is 1. The van der Waals surface area contributed by atoms with E-state index in [1.807, 2.05) is 6.26 Å². The molecule has 0 saturated heterocycles. The monoisotopic (exact) mass is 367 g/mol. The summed E-state index contributed by atoms with van der Waals surface area (Å²) in [6.45, 7) is -0.0197. The van der Waals surface area contributed by atoms with E-state index in [1.54, 1.807) is 30.1 Å². The maximum Gasteiger partial charge on any atom is 0.188 e. The Bertz CT molecular complexity index is 445. The lowest BCUT2D eigenvalue weighted by molar-refractivity contribution is -0.138. The molecule has 1 aromatic rings. The molecule has 1 aromatic carbocycles. The normalized spacial score (nSPS) is 12.9. The third-order valence-electron chi connectivity index (χ3n) is 2.42. The van der Waals surface area contributed by atoms with Crippen LogP contribution in [0.25, 0.3) is 0 Å². The number of benzene rings is 1. The SMILES string of the molecule is CSCC[C@@H](CO)N=Cc1cc(Cl)cc(Br)c1OO. The molecule has 7 heteroatoms. The Morgan fingerprint density at radius 1 is 1.58 bits per heavy atom. The molecule has 0 aliphatic rings. The first kappa shape index (κ1) is 16.8. The van der Waals surface area contributed by atoms with Crippen molar-refractivity contribution in [2.24, 2.45) is 4.99 Å². The van der Waals surface area contributed by atoms with Crippen molar-refractivity contribution in [3.05, 3.63) is 27.2 Å². The minimum absolute atomic E-state index is 0.0197. The minimum Gasteiger partial charge on any atom is -0.394 e. The quantitative estimate of drug-likeness (QED) is 0.439. The maximum absolute atomic E-state index is 9.23. The first-order chi connectivity index (χ1) is 9.12. The highest BCUT2D eigenvalue weighted by molar-refractivity contribution is 9.10. The second-order valence-electron chi connectivity index (χ2n) is 3.79. The van der Waals surface area contributed by atoms with Crippen molar-refractivity contribution >= 4 is 45.5 Å². The molecule has 1 atom stereocenters. The predicted molar refractivity (Wildman–Crippen MR) is 83.9 cm³/mol. The number of rotatable bonds is 7. The fourth-order valence-electron chi connectivity index (χ4n) is 1.43. The zero-order valence-corrected chi connectivity index (χ0v) is 13.5. The highest BCUT2D eigenvalue weighted by atomic mass is 79.9. The van der Waals surface area contributed by atoms with Crippen molar-refractivity contribution in [3.63, 3.8) is 0 Å². The van der Waals surface area contributed by atoms with Gasteiger partial charge in [0.15, 0.2) is 5.75 Å². The van der Waals surface area contributed by atoms with E-state index in [0.29, 0.717) is 15.1 Å². The Morgan fingerprint density at radius 3 is 2.89 bits per heavy atom. The smallest absolute Gasteiger partial charge is 0.188 e. The van der Waals surface area contributed by atoms with Gasteiger partial charge in [-0.2, -0.15) is 11.8 Å². The Labute approximate surface area is 129 Å². The van der Waals surface area contributed by atoms with Crippen molar-refractivity contribution in [1.82, 2.24) is 0 Å². The number of hydrogen-bond donors (Lipinski definition) is 2. The van der Waals surface area contributed by atoms with Crippen LogP contribution in [0.5, 0.6) is 5.75 Å². The van der Waals surface area contributed by atoms with Crippen LogP contribution in [0.3, 0.4) is 0 Å². The van der Waals surface area contributed by atoms with E-state index in [9.17, 15) is 5.11 Å². The third-order valence-corrected chi connectivity index (χ3v) is 3.87. The first-order valence-electron chi connectivity index (χ1n) is 5.55. The fourth-order valence-corrected chi connectivity index (χ4v) is 2.84. The summed E-state index contributed by atoms with van der Waals surface area (Å²) >= 11 is 10.9. The van der Waals surface area contributed by atoms with Crippen LogP contribution in [-0.4, -0.2) is 41.2 Å². The van der Waals surface area contributed by atoms with Gasteiger partial charge in [-0.3, -0.25) is 4.99 Å². The number of nitrogens with zero attached hydrogens (tertiary/aromatic N) is 1. The molecule has 0 radical (unpaired) electrons. The van der Waals surface area contributed by atoms with Crippen molar-refractivity contribution in [3.8, 4) is 5.75 Å². The fraction of sp³-hybridized carbons (Fsp3) is 0.417. The molecule has 0 bridgehead atoms. The number of aliphatic hydroxyl groups is 1. The molecular weight excluding hydrogens is 354 g/mol.